The van der Waals surface area contributed by atoms with E-state index < -0.39 is 0 Å². The Morgan fingerprint density at radius 1 is 0.279 bits per heavy atom. The van der Waals surface area contributed by atoms with E-state index in [1.54, 1.807) is 0 Å². The Hall–Kier alpha value is -11.5. The van der Waals surface area contributed by atoms with Gasteiger partial charge >= 0.3 is 0 Å². The van der Waals surface area contributed by atoms with E-state index in [0.717, 1.165) is 145 Å². The van der Waals surface area contributed by atoms with Crippen LogP contribution < -0.4 is 4.57 Å². The maximum atomic E-state index is 5.24. The molecule has 4 heteroatoms. The molecule has 0 aliphatic carbocycles. The van der Waals surface area contributed by atoms with Gasteiger partial charge in [0.1, 0.15) is 11.5 Å². The van der Waals surface area contributed by atoms with Gasteiger partial charge in [0.2, 0.25) is 0 Å². The number of fused-ring (bicyclic) bond motifs is 4. The zero-order valence-corrected chi connectivity index (χ0v) is 47.0. The first-order valence-corrected chi connectivity index (χ1v) is 29.4. The quantitative estimate of drug-likeness (QED) is 0.102. The van der Waals surface area contributed by atoms with Crippen LogP contribution in [-0.2, 0) is 0 Å². The van der Waals surface area contributed by atoms with E-state index in [4.69, 9.17) is 4.98 Å². The molecule has 0 saturated heterocycles. The average molecular weight is 1100 g/mol. The number of aromatic nitrogens is 4. The topological polar surface area (TPSA) is 37.5 Å². The van der Waals surface area contributed by atoms with Crippen LogP contribution in [0, 0.1) is 0 Å². The van der Waals surface area contributed by atoms with Crippen LogP contribution in [0.5, 0.6) is 0 Å². The number of para-hydroxylation sites is 6. The average Bonchev–Trinajstić information content (AvgIpc) is 2.48. The first-order chi connectivity index (χ1) is 42.6. The summed E-state index contributed by atoms with van der Waals surface area (Å²) < 4.78 is 4.64. The zero-order chi connectivity index (χ0) is 56.9. The summed E-state index contributed by atoms with van der Waals surface area (Å²) >= 11 is 0. The molecular weight excluding hydrogens is 1040 g/mol. The molecule has 0 saturated carbocycles. The lowest BCUT2D eigenvalue weighted by Gasteiger charge is -2.21. The van der Waals surface area contributed by atoms with Crippen molar-refractivity contribution in [3.63, 3.8) is 0 Å². The van der Waals surface area contributed by atoms with Crippen LogP contribution in [-0.4, -0.2) is 14.5 Å². The lowest BCUT2D eigenvalue weighted by molar-refractivity contribution is -0.554. The van der Waals surface area contributed by atoms with Crippen molar-refractivity contribution in [2.24, 2.45) is 0 Å². The minimum absolute atomic E-state index is 0.905. The largest absolute Gasteiger partial charge is 0.292 e. The number of hydrogen-bond acceptors (Lipinski definition) is 1. The fraction of sp³-hybridized carbons (Fsp3) is 0. The first-order valence-electron chi connectivity index (χ1n) is 29.4. The van der Waals surface area contributed by atoms with Gasteiger partial charge in [0, 0.05) is 11.3 Å². The predicted octanol–water partition coefficient (Wildman–Crippen LogP) is 21.1. The Bertz CT molecular complexity index is 5050. The second-order valence-electron chi connectivity index (χ2n) is 22.2. The highest BCUT2D eigenvalue weighted by Crippen LogP contribution is 2.49. The molecule has 0 fully saturated rings. The fourth-order valence-corrected chi connectivity index (χ4v) is 12.9. The van der Waals surface area contributed by atoms with E-state index in [1.165, 1.54) is 11.1 Å². The molecule has 86 heavy (non-hydrogen) atoms. The van der Waals surface area contributed by atoms with Gasteiger partial charge < -0.3 is 0 Å². The number of nitrogens with one attached hydrogen (secondary N) is 1. The van der Waals surface area contributed by atoms with E-state index in [9.17, 15) is 0 Å². The molecule has 402 valence electrons. The molecule has 0 amide bonds. The van der Waals surface area contributed by atoms with Crippen molar-refractivity contribution in [3.05, 3.63) is 328 Å². The third kappa shape index (κ3) is 9.05. The normalized spacial score (nSPS) is 11.5. The number of rotatable bonds is 11. The molecule has 2 aromatic heterocycles. The van der Waals surface area contributed by atoms with E-state index in [2.05, 4.69) is 342 Å². The Kier molecular flexibility index (Phi) is 12.5. The molecular formula is C82H55N4+. The van der Waals surface area contributed by atoms with E-state index >= 15 is 0 Å². The molecule has 1 N–H and O–H groups in total. The van der Waals surface area contributed by atoms with Crippen molar-refractivity contribution in [1.82, 2.24) is 14.5 Å². The Labute approximate surface area is 499 Å². The van der Waals surface area contributed by atoms with Crippen LogP contribution in [0.1, 0.15) is 0 Å². The van der Waals surface area contributed by atoms with Crippen molar-refractivity contribution in [2.75, 3.05) is 0 Å². The van der Waals surface area contributed by atoms with Gasteiger partial charge in [-0.2, -0.15) is 4.57 Å². The minimum Gasteiger partial charge on any atom is -0.292 e. The summed E-state index contributed by atoms with van der Waals surface area (Å²) in [4.78, 5) is 9.15. The number of imidazole rings is 2. The number of nitrogens with zero attached hydrogens (tertiary/aromatic N) is 3. The second kappa shape index (κ2) is 21.4. The van der Waals surface area contributed by atoms with Crippen LogP contribution in [0.15, 0.2) is 328 Å². The number of benzene rings is 14. The van der Waals surface area contributed by atoms with E-state index in [1.807, 2.05) is 0 Å². The highest BCUT2D eigenvalue weighted by molar-refractivity contribution is 6.23. The molecule has 0 aliphatic heterocycles. The van der Waals surface area contributed by atoms with E-state index in [-0.39, 0.29) is 0 Å². The maximum absolute atomic E-state index is 5.24. The first kappa shape index (κ1) is 50.3. The monoisotopic (exact) mass is 1100 g/mol. The highest BCUT2D eigenvalue weighted by atomic mass is 15.1. The summed E-state index contributed by atoms with van der Waals surface area (Å²) in [6.45, 7) is 0. The smallest absolute Gasteiger partial charge is 0.292 e. The standard InChI is InChI=1S/C82H54N4/c1-7-23-55(24-8-1)63-47-64(56-25-9-2-10-26-56)50-67(49-63)79-72-46-44-62(82-84-76-36-20-22-38-78(76)86(82)70-33-17-6-18-34-70)54-74(72)80(68-51-65(57-27-11-3-12-28-57)48-66(52-68)58-29-13-4-14-30-58)71-45-43-61(53-73(71)79)59-39-41-60(42-40-59)81-83-75-35-19-21-37-77(75)85(81)69-31-15-5-16-32-69/h1-54H/p+1. The molecule has 4 nitrogen and oxygen atoms in total. The molecule has 16 rings (SSSR count). The molecule has 0 radical (unpaired) electrons. The molecule has 0 bridgehead atoms. The van der Waals surface area contributed by atoms with Gasteiger partial charge in [-0.15, -0.1) is 0 Å². The van der Waals surface area contributed by atoms with Crippen molar-refractivity contribution >= 4 is 43.6 Å². The third-order valence-electron chi connectivity index (χ3n) is 16.9. The van der Waals surface area contributed by atoms with Crippen molar-refractivity contribution in [2.45, 2.75) is 0 Å². The fourth-order valence-electron chi connectivity index (χ4n) is 12.9. The minimum atomic E-state index is 0.905. The van der Waals surface area contributed by atoms with Crippen molar-refractivity contribution in [1.29, 1.82) is 0 Å². The van der Waals surface area contributed by atoms with E-state index in [0.29, 0.717) is 0 Å². The number of aromatic amines is 1. The summed E-state index contributed by atoms with van der Waals surface area (Å²) in [6, 6.07) is 119. The Morgan fingerprint density at radius 3 is 1.21 bits per heavy atom. The molecule has 0 spiro atoms. The van der Waals surface area contributed by atoms with Gasteiger partial charge in [-0.05, 0) is 203 Å². The van der Waals surface area contributed by atoms with Crippen molar-refractivity contribution < 1.29 is 4.57 Å². The third-order valence-corrected chi connectivity index (χ3v) is 16.9. The van der Waals surface area contributed by atoms with Gasteiger partial charge in [-0.25, -0.2) is 9.97 Å². The van der Waals surface area contributed by atoms with Gasteiger partial charge in [0.15, 0.2) is 11.0 Å². The number of H-pyrrole nitrogens is 1. The summed E-state index contributed by atoms with van der Waals surface area (Å²) in [6.07, 6.45) is 0. The Morgan fingerprint density at radius 2 is 0.674 bits per heavy atom. The van der Waals surface area contributed by atoms with Crippen LogP contribution in [0.4, 0.5) is 0 Å². The predicted molar refractivity (Wildman–Crippen MR) is 358 cm³/mol. The summed E-state index contributed by atoms with van der Waals surface area (Å²) in [7, 11) is 0. The van der Waals surface area contributed by atoms with Crippen LogP contribution >= 0.6 is 0 Å². The van der Waals surface area contributed by atoms with Crippen LogP contribution in [0.3, 0.4) is 0 Å². The SMILES string of the molecule is c1ccc(-c2cc(-c3ccccc3)cc(-c3c4ccc(-c5[nH]c6ccccc6[n+]5-c5ccccc5)cc4c(-c4cc(-c5ccccc5)cc(-c5ccccc5)c4)c4ccc(-c5ccc(-c6nc7ccccc7n6-c6ccccc6)cc5)cc34)c2)cc1. The number of hydrogen-bond donors (Lipinski definition) is 1. The molecule has 0 aliphatic rings. The molecule has 16 aromatic rings. The summed E-state index contributed by atoms with van der Waals surface area (Å²) in [5, 5.41) is 4.62. The van der Waals surface area contributed by atoms with Gasteiger partial charge in [-0.3, -0.25) is 4.57 Å². The second-order valence-corrected chi connectivity index (χ2v) is 22.2. The van der Waals surface area contributed by atoms with Gasteiger partial charge in [0.25, 0.3) is 5.82 Å². The van der Waals surface area contributed by atoms with Crippen LogP contribution in [0.2, 0.25) is 0 Å². The van der Waals surface area contributed by atoms with Gasteiger partial charge in [-0.1, -0.05) is 224 Å². The molecule has 14 aromatic carbocycles. The molecule has 0 unspecified atom stereocenters. The summed E-state index contributed by atoms with van der Waals surface area (Å²) in [5.41, 5.74) is 24.6. The highest BCUT2D eigenvalue weighted by Gasteiger charge is 2.26. The zero-order valence-electron chi connectivity index (χ0n) is 47.0. The maximum Gasteiger partial charge on any atom is 0.292 e. The summed E-state index contributed by atoms with van der Waals surface area (Å²) in [5.74, 6) is 1.91. The lowest BCUT2D eigenvalue weighted by Crippen LogP contribution is -2.31. The van der Waals surface area contributed by atoms with Crippen molar-refractivity contribution in [3.8, 4) is 112 Å². The molecule has 0 atom stereocenters. The molecule has 2 heterocycles. The Balaban J connectivity index is 1.00. The van der Waals surface area contributed by atoms with Crippen LogP contribution in [0.25, 0.3) is 156 Å². The van der Waals surface area contributed by atoms with Gasteiger partial charge in [0.05, 0.1) is 16.6 Å². The lowest BCUT2D eigenvalue weighted by atomic mass is 9.82.